The lowest BCUT2D eigenvalue weighted by Crippen LogP contribution is -2.34. The predicted octanol–water partition coefficient (Wildman–Crippen LogP) is 4.20. The Bertz CT molecular complexity index is 437. The summed E-state index contributed by atoms with van der Waals surface area (Å²) in [6.07, 6.45) is 3.79. The second kappa shape index (κ2) is 7.79. The van der Waals surface area contributed by atoms with Gasteiger partial charge in [-0.2, -0.15) is 0 Å². The molecule has 0 spiro atoms. The first-order valence-corrected chi connectivity index (χ1v) is 8.34. The van der Waals surface area contributed by atoms with Crippen LogP contribution in [0.25, 0.3) is 0 Å². The van der Waals surface area contributed by atoms with Crippen LogP contribution < -0.4 is 10.2 Å². The summed E-state index contributed by atoms with van der Waals surface area (Å²) >= 11 is 0. The maximum absolute atomic E-state index is 13.6. The summed E-state index contributed by atoms with van der Waals surface area (Å²) in [6, 6.07) is 5.23. The van der Waals surface area contributed by atoms with E-state index in [0.29, 0.717) is 5.92 Å². The Labute approximate surface area is 128 Å². The summed E-state index contributed by atoms with van der Waals surface area (Å²) in [5.74, 6) is 1.34. The molecule has 0 radical (unpaired) electrons. The molecule has 21 heavy (non-hydrogen) atoms. The van der Waals surface area contributed by atoms with Crippen LogP contribution in [0.1, 0.15) is 45.6 Å². The van der Waals surface area contributed by atoms with E-state index in [2.05, 4.69) is 31.0 Å². The van der Waals surface area contributed by atoms with Crippen LogP contribution in [0.15, 0.2) is 18.2 Å². The molecule has 1 heterocycles. The summed E-state index contributed by atoms with van der Waals surface area (Å²) < 4.78 is 13.6. The molecule has 1 N–H and O–H groups in total. The van der Waals surface area contributed by atoms with Crippen molar-refractivity contribution in [2.45, 2.75) is 46.6 Å². The van der Waals surface area contributed by atoms with Gasteiger partial charge >= 0.3 is 0 Å². The number of benzene rings is 1. The SMILES string of the molecule is CCC1CCN(c2ccc(F)cc2CNCC(C)C)CC1. The van der Waals surface area contributed by atoms with E-state index in [1.165, 1.54) is 24.9 Å². The standard InChI is InChI=1S/C18H29FN2/c1-4-15-7-9-21(10-8-15)18-6-5-17(19)11-16(18)13-20-12-14(2)3/h5-6,11,14-15,20H,4,7-10,12-13H2,1-3H3. The molecule has 0 bridgehead atoms. The van der Waals surface area contributed by atoms with Crippen LogP contribution in [0, 0.1) is 17.7 Å². The summed E-state index contributed by atoms with van der Waals surface area (Å²) in [5, 5.41) is 3.43. The number of piperidine rings is 1. The van der Waals surface area contributed by atoms with Gasteiger partial charge in [-0.15, -0.1) is 0 Å². The smallest absolute Gasteiger partial charge is 0.123 e. The first-order chi connectivity index (χ1) is 10.1. The zero-order valence-electron chi connectivity index (χ0n) is 13.7. The van der Waals surface area contributed by atoms with Gasteiger partial charge < -0.3 is 10.2 Å². The third-order valence-corrected chi connectivity index (χ3v) is 4.44. The van der Waals surface area contributed by atoms with Gasteiger partial charge in [-0.3, -0.25) is 0 Å². The van der Waals surface area contributed by atoms with Crippen molar-refractivity contribution in [2.75, 3.05) is 24.5 Å². The van der Waals surface area contributed by atoms with E-state index < -0.39 is 0 Å². The molecule has 1 aromatic carbocycles. The van der Waals surface area contributed by atoms with Crippen molar-refractivity contribution >= 4 is 5.69 Å². The van der Waals surface area contributed by atoms with E-state index in [0.717, 1.165) is 37.7 Å². The van der Waals surface area contributed by atoms with Crippen LogP contribution in [0.3, 0.4) is 0 Å². The van der Waals surface area contributed by atoms with Crippen molar-refractivity contribution in [3.05, 3.63) is 29.6 Å². The lowest BCUT2D eigenvalue weighted by atomic mass is 9.93. The van der Waals surface area contributed by atoms with Gasteiger partial charge in [-0.25, -0.2) is 4.39 Å². The Morgan fingerprint density at radius 3 is 2.62 bits per heavy atom. The van der Waals surface area contributed by atoms with Crippen molar-refractivity contribution in [3.63, 3.8) is 0 Å². The minimum Gasteiger partial charge on any atom is -0.371 e. The van der Waals surface area contributed by atoms with Gasteiger partial charge in [0.2, 0.25) is 0 Å². The largest absolute Gasteiger partial charge is 0.371 e. The van der Waals surface area contributed by atoms with E-state index in [1.807, 2.05) is 6.07 Å². The molecular formula is C18H29FN2. The van der Waals surface area contributed by atoms with E-state index in [9.17, 15) is 4.39 Å². The monoisotopic (exact) mass is 292 g/mol. The van der Waals surface area contributed by atoms with E-state index in [-0.39, 0.29) is 5.82 Å². The van der Waals surface area contributed by atoms with Gasteiger partial charge in [-0.1, -0.05) is 27.2 Å². The highest BCUT2D eigenvalue weighted by atomic mass is 19.1. The summed E-state index contributed by atoms with van der Waals surface area (Å²) in [7, 11) is 0. The zero-order chi connectivity index (χ0) is 15.2. The van der Waals surface area contributed by atoms with Crippen LogP contribution in [-0.2, 0) is 6.54 Å². The highest BCUT2D eigenvalue weighted by Crippen LogP contribution is 2.28. The molecule has 3 heteroatoms. The maximum atomic E-state index is 13.6. The molecule has 1 saturated heterocycles. The molecule has 0 aromatic heterocycles. The van der Waals surface area contributed by atoms with Crippen LogP contribution >= 0.6 is 0 Å². The molecule has 0 atom stereocenters. The molecule has 2 nitrogen and oxygen atoms in total. The quantitative estimate of drug-likeness (QED) is 0.845. The predicted molar refractivity (Wildman–Crippen MR) is 88.2 cm³/mol. The molecule has 0 saturated carbocycles. The lowest BCUT2D eigenvalue weighted by molar-refractivity contribution is 0.394. The molecule has 0 aliphatic carbocycles. The first-order valence-electron chi connectivity index (χ1n) is 8.34. The Balaban J connectivity index is 2.04. The molecule has 0 unspecified atom stereocenters. The fourth-order valence-electron chi connectivity index (χ4n) is 3.08. The Hall–Kier alpha value is -1.09. The highest BCUT2D eigenvalue weighted by Gasteiger charge is 2.20. The van der Waals surface area contributed by atoms with E-state index in [1.54, 1.807) is 12.1 Å². The number of hydrogen-bond acceptors (Lipinski definition) is 2. The molecule has 2 rings (SSSR count). The van der Waals surface area contributed by atoms with Crippen molar-refractivity contribution < 1.29 is 4.39 Å². The second-order valence-electron chi connectivity index (χ2n) is 6.64. The van der Waals surface area contributed by atoms with Gasteiger partial charge in [0, 0.05) is 25.3 Å². The fourth-order valence-corrected chi connectivity index (χ4v) is 3.08. The number of nitrogens with zero attached hydrogens (tertiary/aromatic N) is 1. The molecule has 1 fully saturated rings. The average molecular weight is 292 g/mol. The van der Waals surface area contributed by atoms with Gasteiger partial charge in [0.15, 0.2) is 0 Å². The molecule has 118 valence electrons. The summed E-state index contributed by atoms with van der Waals surface area (Å²) in [5.41, 5.74) is 2.30. The Morgan fingerprint density at radius 1 is 1.29 bits per heavy atom. The number of anilines is 1. The highest BCUT2D eigenvalue weighted by molar-refractivity contribution is 5.54. The minimum absolute atomic E-state index is 0.136. The Morgan fingerprint density at radius 2 is 2.00 bits per heavy atom. The maximum Gasteiger partial charge on any atom is 0.123 e. The van der Waals surface area contributed by atoms with Crippen LogP contribution in [0.2, 0.25) is 0 Å². The van der Waals surface area contributed by atoms with Crippen molar-refractivity contribution in [2.24, 2.45) is 11.8 Å². The minimum atomic E-state index is -0.136. The topological polar surface area (TPSA) is 15.3 Å². The molecule has 1 aliphatic rings. The fraction of sp³-hybridized carbons (Fsp3) is 0.667. The van der Waals surface area contributed by atoms with Crippen molar-refractivity contribution in [1.29, 1.82) is 0 Å². The van der Waals surface area contributed by atoms with Gasteiger partial charge in [0.1, 0.15) is 5.82 Å². The molecule has 0 amide bonds. The lowest BCUT2D eigenvalue weighted by Gasteiger charge is -2.34. The summed E-state index contributed by atoms with van der Waals surface area (Å²) in [4.78, 5) is 2.43. The summed E-state index contributed by atoms with van der Waals surface area (Å²) in [6.45, 7) is 10.6. The number of rotatable bonds is 6. The number of halogens is 1. The van der Waals surface area contributed by atoms with Crippen LogP contribution in [-0.4, -0.2) is 19.6 Å². The van der Waals surface area contributed by atoms with Crippen molar-refractivity contribution in [1.82, 2.24) is 5.32 Å². The second-order valence-corrected chi connectivity index (χ2v) is 6.64. The van der Waals surface area contributed by atoms with E-state index in [4.69, 9.17) is 0 Å². The first kappa shape index (κ1) is 16.3. The van der Waals surface area contributed by atoms with Gasteiger partial charge in [-0.05, 0) is 55.0 Å². The molecular weight excluding hydrogens is 263 g/mol. The average Bonchev–Trinajstić information content (AvgIpc) is 2.47. The Kier molecular flexibility index (Phi) is 6.04. The van der Waals surface area contributed by atoms with Crippen LogP contribution in [0.4, 0.5) is 10.1 Å². The third kappa shape index (κ3) is 4.70. The van der Waals surface area contributed by atoms with Crippen LogP contribution in [0.5, 0.6) is 0 Å². The molecule has 1 aromatic rings. The van der Waals surface area contributed by atoms with Gasteiger partial charge in [0.05, 0.1) is 0 Å². The number of nitrogens with one attached hydrogen (secondary N) is 1. The van der Waals surface area contributed by atoms with Gasteiger partial charge in [0.25, 0.3) is 0 Å². The third-order valence-electron chi connectivity index (χ3n) is 4.44. The van der Waals surface area contributed by atoms with Crippen molar-refractivity contribution in [3.8, 4) is 0 Å². The zero-order valence-corrected chi connectivity index (χ0v) is 13.7. The van der Waals surface area contributed by atoms with E-state index >= 15 is 0 Å². The molecule has 1 aliphatic heterocycles. The normalized spacial score (nSPS) is 16.7. The number of hydrogen-bond donors (Lipinski definition) is 1.